The van der Waals surface area contributed by atoms with Gasteiger partial charge >= 0.3 is 0 Å². The van der Waals surface area contributed by atoms with E-state index in [1.54, 1.807) is 19.2 Å². The van der Waals surface area contributed by atoms with E-state index in [1.807, 2.05) is 24.3 Å². The van der Waals surface area contributed by atoms with Gasteiger partial charge < -0.3 is 9.47 Å². The van der Waals surface area contributed by atoms with Crippen LogP contribution in [0.1, 0.15) is 42.6 Å². The third-order valence-corrected chi connectivity index (χ3v) is 3.31. The molecular weight excluding hydrogens is 264 g/mol. The van der Waals surface area contributed by atoms with Crippen molar-refractivity contribution in [3.8, 4) is 17.2 Å². The lowest BCUT2D eigenvalue weighted by Gasteiger charge is -2.14. The monoisotopic (exact) mass is 284 g/mol. The lowest BCUT2D eigenvalue weighted by molar-refractivity contribution is 0.101. The average molecular weight is 284 g/mol. The zero-order chi connectivity index (χ0) is 15.4. The standard InChI is InChI=1S/C18H20O3/c1-12(2)14-7-5-8-15(11-14)21-17-10-6-9-16(20-4)18(17)13(3)19/h5-12H,1-4H3. The van der Waals surface area contributed by atoms with Gasteiger partial charge in [-0.2, -0.15) is 0 Å². The molecule has 3 heteroatoms. The molecule has 0 bridgehead atoms. The Morgan fingerprint density at radius 2 is 1.71 bits per heavy atom. The normalized spacial score (nSPS) is 10.5. The van der Waals surface area contributed by atoms with Crippen molar-refractivity contribution in [2.45, 2.75) is 26.7 Å². The fraction of sp³-hybridized carbons (Fsp3) is 0.278. The second kappa shape index (κ2) is 6.44. The van der Waals surface area contributed by atoms with E-state index in [-0.39, 0.29) is 5.78 Å². The van der Waals surface area contributed by atoms with E-state index in [9.17, 15) is 4.79 Å². The molecule has 0 unspecified atom stereocenters. The molecule has 0 saturated carbocycles. The Morgan fingerprint density at radius 1 is 1.05 bits per heavy atom. The largest absolute Gasteiger partial charge is 0.496 e. The summed E-state index contributed by atoms with van der Waals surface area (Å²) < 4.78 is 11.1. The molecule has 0 amide bonds. The third kappa shape index (κ3) is 3.43. The van der Waals surface area contributed by atoms with E-state index in [0.29, 0.717) is 23.0 Å². The van der Waals surface area contributed by atoms with E-state index < -0.39 is 0 Å². The number of Topliss-reactive ketones (excluding diaryl/α,β-unsaturated/α-hetero) is 1. The highest BCUT2D eigenvalue weighted by Gasteiger charge is 2.15. The maximum Gasteiger partial charge on any atom is 0.167 e. The molecule has 0 N–H and O–H groups in total. The van der Waals surface area contributed by atoms with Crippen LogP contribution in [0, 0.1) is 0 Å². The summed E-state index contributed by atoms with van der Waals surface area (Å²) in [4.78, 5) is 11.9. The number of benzene rings is 2. The van der Waals surface area contributed by atoms with Crippen molar-refractivity contribution in [1.82, 2.24) is 0 Å². The molecule has 0 fully saturated rings. The highest BCUT2D eigenvalue weighted by molar-refractivity contribution is 5.99. The predicted molar refractivity (Wildman–Crippen MR) is 83.6 cm³/mol. The second-order valence-electron chi connectivity index (χ2n) is 5.22. The minimum Gasteiger partial charge on any atom is -0.496 e. The van der Waals surface area contributed by atoms with Gasteiger partial charge in [0.1, 0.15) is 22.8 Å². The summed E-state index contributed by atoms with van der Waals surface area (Å²) in [5.74, 6) is 2.10. The summed E-state index contributed by atoms with van der Waals surface area (Å²) in [6.45, 7) is 5.77. The molecule has 0 aromatic heterocycles. The van der Waals surface area contributed by atoms with Gasteiger partial charge in [0, 0.05) is 0 Å². The Bertz CT molecular complexity index is 645. The van der Waals surface area contributed by atoms with Crippen LogP contribution >= 0.6 is 0 Å². The van der Waals surface area contributed by atoms with Crippen LogP contribution in [0.25, 0.3) is 0 Å². The van der Waals surface area contributed by atoms with Gasteiger partial charge in [-0.1, -0.05) is 32.0 Å². The molecule has 0 aliphatic heterocycles. The van der Waals surface area contributed by atoms with Crippen LogP contribution in [0.15, 0.2) is 42.5 Å². The lowest BCUT2D eigenvalue weighted by Crippen LogP contribution is -2.01. The molecule has 2 aromatic carbocycles. The van der Waals surface area contributed by atoms with Crippen LogP contribution in [0.2, 0.25) is 0 Å². The molecule has 0 radical (unpaired) electrons. The number of methoxy groups -OCH3 is 1. The van der Waals surface area contributed by atoms with E-state index in [2.05, 4.69) is 19.9 Å². The van der Waals surface area contributed by atoms with Crippen LogP contribution < -0.4 is 9.47 Å². The minimum atomic E-state index is -0.0811. The Kier molecular flexibility index (Phi) is 4.63. The summed E-state index contributed by atoms with van der Waals surface area (Å²) in [7, 11) is 1.55. The Labute approximate surface area is 125 Å². The van der Waals surface area contributed by atoms with Crippen molar-refractivity contribution in [3.05, 3.63) is 53.6 Å². The third-order valence-electron chi connectivity index (χ3n) is 3.31. The summed E-state index contributed by atoms with van der Waals surface area (Å²) in [5.41, 5.74) is 1.66. The molecule has 2 aromatic rings. The van der Waals surface area contributed by atoms with Gasteiger partial charge in [-0.15, -0.1) is 0 Å². The Morgan fingerprint density at radius 3 is 2.33 bits per heavy atom. The average Bonchev–Trinajstić information content (AvgIpc) is 2.46. The topological polar surface area (TPSA) is 35.5 Å². The number of hydrogen-bond acceptors (Lipinski definition) is 3. The van der Waals surface area contributed by atoms with Gasteiger partial charge in [-0.3, -0.25) is 4.79 Å². The van der Waals surface area contributed by atoms with Crippen molar-refractivity contribution in [3.63, 3.8) is 0 Å². The summed E-state index contributed by atoms with van der Waals surface area (Å²) in [6, 6.07) is 13.2. The fourth-order valence-electron chi connectivity index (χ4n) is 2.18. The van der Waals surface area contributed by atoms with E-state index in [1.165, 1.54) is 12.5 Å². The van der Waals surface area contributed by atoms with Gasteiger partial charge in [-0.25, -0.2) is 0 Å². The number of ketones is 1. The molecule has 2 rings (SSSR count). The Hall–Kier alpha value is -2.29. The quantitative estimate of drug-likeness (QED) is 0.739. The van der Waals surface area contributed by atoms with Crippen molar-refractivity contribution in [1.29, 1.82) is 0 Å². The summed E-state index contributed by atoms with van der Waals surface area (Å²) in [5, 5.41) is 0. The van der Waals surface area contributed by atoms with Crippen LogP contribution in [-0.4, -0.2) is 12.9 Å². The lowest BCUT2D eigenvalue weighted by atomic mass is 10.0. The molecule has 110 valence electrons. The van der Waals surface area contributed by atoms with Gasteiger partial charge in [0.05, 0.1) is 7.11 Å². The van der Waals surface area contributed by atoms with Crippen LogP contribution in [0.4, 0.5) is 0 Å². The van der Waals surface area contributed by atoms with Gasteiger partial charge in [0.15, 0.2) is 5.78 Å². The van der Waals surface area contributed by atoms with Crippen molar-refractivity contribution >= 4 is 5.78 Å². The smallest absolute Gasteiger partial charge is 0.167 e. The highest BCUT2D eigenvalue weighted by Crippen LogP contribution is 2.33. The molecule has 0 atom stereocenters. The molecule has 21 heavy (non-hydrogen) atoms. The van der Waals surface area contributed by atoms with E-state index in [0.717, 1.165) is 5.75 Å². The minimum absolute atomic E-state index is 0.0811. The van der Waals surface area contributed by atoms with Crippen molar-refractivity contribution in [2.24, 2.45) is 0 Å². The molecule has 0 aliphatic rings. The first kappa shape index (κ1) is 15.1. The zero-order valence-corrected chi connectivity index (χ0v) is 12.8. The number of hydrogen-bond donors (Lipinski definition) is 0. The van der Waals surface area contributed by atoms with Crippen LogP contribution in [0.5, 0.6) is 17.2 Å². The van der Waals surface area contributed by atoms with Crippen molar-refractivity contribution in [2.75, 3.05) is 7.11 Å². The van der Waals surface area contributed by atoms with Crippen LogP contribution in [-0.2, 0) is 0 Å². The number of rotatable bonds is 5. The SMILES string of the molecule is COc1cccc(Oc2cccc(C(C)C)c2)c1C(C)=O. The second-order valence-corrected chi connectivity index (χ2v) is 5.22. The number of carbonyl (C=O) groups is 1. The summed E-state index contributed by atoms with van der Waals surface area (Å²) >= 11 is 0. The number of carbonyl (C=O) groups excluding carboxylic acids is 1. The van der Waals surface area contributed by atoms with Crippen LogP contribution in [0.3, 0.4) is 0 Å². The molecule has 0 spiro atoms. The molecule has 0 saturated heterocycles. The maximum absolute atomic E-state index is 11.9. The molecule has 0 aliphatic carbocycles. The first-order valence-corrected chi connectivity index (χ1v) is 6.98. The molecule has 0 heterocycles. The zero-order valence-electron chi connectivity index (χ0n) is 12.8. The molecule has 3 nitrogen and oxygen atoms in total. The maximum atomic E-state index is 11.9. The number of ether oxygens (including phenoxy) is 2. The fourth-order valence-corrected chi connectivity index (χ4v) is 2.18. The molecular formula is C18H20O3. The first-order valence-electron chi connectivity index (χ1n) is 6.98. The Balaban J connectivity index is 2.40. The highest BCUT2D eigenvalue weighted by atomic mass is 16.5. The van der Waals surface area contributed by atoms with E-state index in [4.69, 9.17) is 9.47 Å². The summed E-state index contributed by atoms with van der Waals surface area (Å²) in [6.07, 6.45) is 0. The van der Waals surface area contributed by atoms with Gasteiger partial charge in [-0.05, 0) is 42.7 Å². The van der Waals surface area contributed by atoms with Gasteiger partial charge in [0.25, 0.3) is 0 Å². The first-order chi connectivity index (χ1) is 10.0. The van der Waals surface area contributed by atoms with E-state index >= 15 is 0 Å². The van der Waals surface area contributed by atoms with Crippen molar-refractivity contribution < 1.29 is 14.3 Å². The predicted octanol–water partition coefficient (Wildman–Crippen LogP) is 4.81. The van der Waals surface area contributed by atoms with Gasteiger partial charge in [0.2, 0.25) is 0 Å².